The largest absolute Gasteiger partial charge is 0.491 e. The zero-order chi connectivity index (χ0) is 13.6. The van der Waals surface area contributed by atoms with Crippen LogP contribution in [0.25, 0.3) is 21.9 Å². The lowest BCUT2D eigenvalue weighted by Gasteiger charge is -2.03. The summed E-state index contributed by atoms with van der Waals surface area (Å²) in [6, 6.07) is 6.17. The van der Waals surface area contributed by atoms with Gasteiger partial charge in [-0.05, 0) is 31.2 Å². The van der Waals surface area contributed by atoms with Crippen LogP contribution in [0.1, 0.15) is 6.92 Å². The summed E-state index contributed by atoms with van der Waals surface area (Å²) in [6.45, 7) is 2.09. The van der Waals surface area contributed by atoms with Gasteiger partial charge in [-0.2, -0.15) is 4.39 Å². The molecule has 0 radical (unpaired) electrons. The average Bonchev–Trinajstić information content (AvgIpc) is 2.78. The Morgan fingerprint density at radius 2 is 1.68 bits per heavy atom. The van der Waals surface area contributed by atoms with Gasteiger partial charge in [0.2, 0.25) is 5.82 Å². The van der Waals surface area contributed by atoms with E-state index in [1.54, 1.807) is 19.1 Å². The monoisotopic (exact) mass is 282 g/mol. The molecule has 0 amide bonds. The third-order valence-corrected chi connectivity index (χ3v) is 3.20. The topological polar surface area (TPSA) is 22.4 Å². The Hall–Kier alpha value is -1.81. The minimum atomic E-state index is -0.687. The first-order valence-electron chi connectivity index (χ1n) is 5.75. The number of ether oxygens (including phenoxy) is 1. The standard InChI is InChI=1S/C14H9ClF2O2/c1-2-18-10-6-4-8-7-3-5-9(15)11(16)13(7)19-14(8)12(10)17/h3-6H,2H2,1H3. The number of fused-ring (bicyclic) bond motifs is 3. The van der Waals surface area contributed by atoms with Crippen molar-refractivity contribution in [1.82, 2.24) is 0 Å². The molecule has 0 aliphatic carbocycles. The Labute approximate surface area is 112 Å². The molecule has 3 aromatic rings. The fraction of sp³-hybridized carbons (Fsp3) is 0.143. The van der Waals surface area contributed by atoms with E-state index in [4.69, 9.17) is 20.8 Å². The van der Waals surface area contributed by atoms with Gasteiger partial charge in [-0.1, -0.05) is 11.6 Å². The lowest BCUT2D eigenvalue weighted by Crippen LogP contribution is -1.94. The maximum atomic E-state index is 14.2. The Morgan fingerprint density at radius 3 is 2.37 bits per heavy atom. The van der Waals surface area contributed by atoms with Crippen molar-refractivity contribution in [2.45, 2.75) is 6.92 Å². The van der Waals surface area contributed by atoms with Crippen LogP contribution in [0.3, 0.4) is 0 Å². The zero-order valence-electron chi connectivity index (χ0n) is 9.97. The molecule has 0 unspecified atom stereocenters. The van der Waals surface area contributed by atoms with Crippen LogP contribution in [0.2, 0.25) is 5.02 Å². The summed E-state index contributed by atoms with van der Waals surface area (Å²) in [4.78, 5) is 0. The number of halogens is 3. The van der Waals surface area contributed by atoms with Gasteiger partial charge in [0.05, 0.1) is 11.6 Å². The van der Waals surface area contributed by atoms with Crippen LogP contribution in [-0.2, 0) is 0 Å². The van der Waals surface area contributed by atoms with Crippen molar-refractivity contribution in [2.75, 3.05) is 6.61 Å². The Bertz CT molecular complexity index is 780. The minimum absolute atomic E-state index is 0.0258. The molecule has 0 atom stereocenters. The van der Waals surface area contributed by atoms with E-state index >= 15 is 0 Å². The lowest BCUT2D eigenvalue weighted by atomic mass is 10.1. The molecule has 2 aromatic carbocycles. The van der Waals surface area contributed by atoms with Gasteiger partial charge in [0.25, 0.3) is 0 Å². The summed E-state index contributed by atoms with van der Waals surface area (Å²) in [5.41, 5.74) is -0.0721. The average molecular weight is 283 g/mol. The molecule has 0 spiro atoms. The first kappa shape index (κ1) is 12.2. The summed E-state index contributed by atoms with van der Waals surface area (Å²) in [5.74, 6) is -1.24. The molecule has 3 rings (SSSR count). The van der Waals surface area contributed by atoms with Gasteiger partial charge in [-0.3, -0.25) is 0 Å². The molecule has 0 N–H and O–H groups in total. The predicted octanol–water partition coefficient (Wildman–Crippen LogP) is 4.92. The van der Waals surface area contributed by atoms with E-state index in [1.165, 1.54) is 12.1 Å². The van der Waals surface area contributed by atoms with Gasteiger partial charge in [0, 0.05) is 10.8 Å². The van der Waals surface area contributed by atoms with Crippen LogP contribution in [0.5, 0.6) is 5.75 Å². The molecule has 0 bridgehead atoms. The molecular weight excluding hydrogens is 274 g/mol. The molecule has 0 fully saturated rings. The summed E-state index contributed by atoms with van der Waals surface area (Å²) in [5, 5.41) is 0.919. The molecule has 0 aliphatic rings. The third-order valence-electron chi connectivity index (χ3n) is 2.91. The SMILES string of the molecule is CCOc1ccc2c(oc3c(F)c(Cl)ccc32)c1F. The van der Waals surface area contributed by atoms with Crippen molar-refractivity contribution in [2.24, 2.45) is 0 Å². The number of benzene rings is 2. The molecule has 1 aromatic heterocycles. The first-order chi connectivity index (χ1) is 9.13. The fourth-order valence-corrected chi connectivity index (χ4v) is 2.21. The third kappa shape index (κ3) is 1.75. The quantitative estimate of drug-likeness (QED) is 0.666. The van der Waals surface area contributed by atoms with Crippen LogP contribution in [0.4, 0.5) is 8.78 Å². The van der Waals surface area contributed by atoms with E-state index in [0.29, 0.717) is 17.4 Å². The second kappa shape index (κ2) is 4.38. The van der Waals surface area contributed by atoms with E-state index in [-0.39, 0.29) is 21.9 Å². The van der Waals surface area contributed by atoms with Crippen molar-refractivity contribution >= 4 is 33.5 Å². The van der Waals surface area contributed by atoms with Crippen LogP contribution < -0.4 is 4.74 Å². The summed E-state index contributed by atoms with van der Waals surface area (Å²) in [7, 11) is 0. The maximum absolute atomic E-state index is 14.2. The van der Waals surface area contributed by atoms with E-state index in [0.717, 1.165) is 0 Å². The number of rotatable bonds is 2. The normalized spacial score (nSPS) is 11.4. The smallest absolute Gasteiger partial charge is 0.208 e. The maximum Gasteiger partial charge on any atom is 0.208 e. The van der Waals surface area contributed by atoms with E-state index in [2.05, 4.69) is 0 Å². The number of hydrogen-bond acceptors (Lipinski definition) is 2. The summed E-state index contributed by atoms with van der Waals surface area (Å²) >= 11 is 5.68. The van der Waals surface area contributed by atoms with Gasteiger partial charge in [-0.25, -0.2) is 4.39 Å². The molecule has 0 saturated heterocycles. The Morgan fingerprint density at radius 1 is 1.05 bits per heavy atom. The zero-order valence-corrected chi connectivity index (χ0v) is 10.7. The van der Waals surface area contributed by atoms with Crippen LogP contribution in [-0.4, -0.2) is 6.61 Å². The van der Waals surface area contributed by atoms with Crippen molar-refractivity contribution in [1.29, 1.82) is 0 Å². The fourth-order valence-electron chi connectivity index (χ4n) is 2.06. The van der Waals surface area contributed by atoms with E-state index in [1.807, 2.05) is 0 Å². The molecular formula is C14H9ClF2O2. The van der Waals surface area contributed by atoms with Gasteiger partial charge in [0.15, 0.2) is 22.7 Å². The molecule has 98 valence electrons. The van der Waals surface area contributed by atoms with E-state index in [9.17, 15) is 8.78 Å². The summed E-state index contributed by atoms with van der Waals surface area (Å²) in [6.07, 6.45) is 0. The predicted molar refractivity (Wildman–Crippen MR) is 69.8 cm³/mol. The minimum Gasteiger partial charge on any atom is -0.491 e. The Balaban J connectivity index is 2.39. The second-order valence-electron chi connectivity index (χ2n) is 4.03. The van der Waals surface area contributed by atoms with Crippen molar-refractivity contribution in [3.05, 3.63) is 40.9 Å². The highest BCUT2D eigenvalue weighted by Crippen LogP contribution is 2.36. The highest BCUT2D eigenvalue weighted by Gasteiger charge is 2.18. The van der Waals surface area contributed by atoms with Crippen LogP contribution in [0, 0.1) is 11.6 Å². The highest BCUT2D eigenvalue weighted by atomic mass is 35.5. The number of hydrogen-bond donors (Lipinski definition) is 0. The van der Waals surface area contributed by atoms with Crippen LogP contribution >= 0.6 is 11.6 Å². The van der Waals surface area contributed by atoms with Gasteiger partial charge in [-0.15, -0.1) is 0 Å². The molecule has 5 heteroatoms. The van der Waals surface area contributed by atoms with Crippen LogP contribution in [0.15, 0.2) is 28.7 Å². The summed E-state index contributed by atoms with van der Waals surface area (Å²) < 4.78 is 38.4. The number of furan rings is 1. The molecule has 0 aliphatic heterocycles. The van der Waals surface area contributed by atoms with Gasteiger partial charge >= 0.3 is 0 Å². The molecule has 0 saturated carbocycles. The highest BCUT2D eigenvalue weighted by molar-refractivity contribution is 6.31. The van der Waals surface area contributed by atoms with Crippen molar-refractivity contribution in [3.8, 4) is 5.75 Å². The first-order valence-corrected chi connectivity index (χ1v) is 6.12. The van der Waals surface area contributed by atoms with Gasteiger partial charge in [0.1, 0.15) is 0 Å². The molecule has 19 heavy (non-hydrogen) atoms. The van der Waals surface area contributed by atoms with Gasteiger partial charge < -0.3 is 9.15 Å². The lowest BCUT2D eigenvalue weighted by molar-refractivity contribution is 0.321. The van der Waals surface area contributed by atoms with E-state index < -0.39 is 11.6 Å². The second-order valence-corrected chi connectivity index (χ2v) is 4.43. The molecule has 1 heterocycles. The molecule has 2 nitrogen and oxygen atoms in total. The van der Waals surface area contributed by atoms with Crippen molar-refractivity contribution < 1.29 is 17.9 Å². The Kier molecular flexibility index (Phi) is 2.82. The van der Waals surface area contributed by atoms with Crippen molar-refractivity contribution in [3.63, 3.8) is 0 Å².